The van der Waals surface area contributed by atoms with Crippen molar-refractivity contribution in [2.24, 2.45) is 0 Å². The number of ether oxygens (including phenoxy) is 2. The summed E-state index contributed by atoms with van der Waals surface area (Å²) in [6.45, 7) is 3.38. The van der Waals surface area contributed by atoms with Gasteiger partial charge in [0.15, 0.2) is 11.5 Å². The van der Waals surface area contributed by atoms with E-state index in [1.807, 2.05) is 26.1 Å². The van der Waals surface area contributed by atoms with E-state index in [4.69, 9.17) is 21.1 Å². The fourth-order valence-electron chi connectivity index (χ4n) is 1.41. The summed E-state index contributed by atoms with van der Waals surface area (Å²) in [5, 5.41) is 2.68. The predicted molar refractivity (Wildman–Crippen MR) is 60.7 cm³/mol. The molecule has 0 aromatic heterocycles. The zero-order valence-corrected chi connectivity index (χ0v) is 10.1. The molecule has 0 amide bonds. The Kier molecular flexibility index (Phi) is 4.72. The monoisotopic (exact) mass is 230 g/mol. The maximum atomic E-state index is 6.11. The minimum atomic E-state index is 0.579. The molecule has 0 heterocycles. The Morgan fingerprint density at radius 2 is 2.13 bits per heavy atom. The summed E-state index contributed by atoms with van der Waals surface area (Å²) in [5.74, 6) is 1.32. The topological polar surface area (TPSA) is 35.1 Å². The number of nitrogens with two attached hydrogens (primary N) is 1. The van der Waals surface area contributed by atoms with Gasteiger partial charge in [-0.15, -0.1) is 0 Å². The van der Waals surface area contributed by atoms with E-state index in [1.54, 1.807) is 7.11 Å². The Morgan fingerprint density at radius 3 is 2.67 bits per heavy atom. The van der Waals surface area contributed by atoms with Gasteiger partial charge in [0.2, 0.25) is 0 Å². The Bertz CT molecular complexity index is 329. The Morgan fingerprint density at radius 1 is 1.40 bits per heavy atom. The second-order valence-corrected chi connectivity index (χ2v) is 3.56. The van der Waals surface area contributed by atoms with Crippen LogP contribution in [0, 0.1) is 0 Å². The molecule has 0 spiro atoms. The highest BCUT2D eigenvalue weighted by molar-refractivity contribution is 6.32. The van der Waals surface area contributed by atoms with Gasteiger partial charge in [-0.3, -0.25) is 0 Å². The maximum Gasteiger partial charge on any atom is 0.179 e. The lowest BCUT2D eigenvalue weighted by Gasteiger charge is -2.12. The van der Waals surface area contributed by atoms with E-state index in [-0.39, 0.29) is 0 Å². The van der Waals surface area contributed by atoms with Gasteiger partial charge < -0.3 is 14.8 Å². The molecule has 0 aliphatic carbocycles. The van der Waals surface area contributed by atoms with Crippen LogP contribution in [0.3, 0.4) is 0 Å². The minimum absolute atomic E-state index is 0.579. The van der Waals surface area contributed by atoms with E-state index >= 15 is 0 Å². The zero-order valence-electron chi connectivity index (χ0n) is 9.34. The largest absolute Gasteiger partial charge is 0.493 e. The molecular weight excluding hydrogens is 214 g/mol. The lowest BCUT2D eigenvalue weighted by Crippen LogP contribution is -2.77. The first-order chi connectivity index (χ1) is 7.22. The number of quaternary nitrogens is 1. The number of hydrogen-bond donors (Lipinski definition) is 1. The van der Waals surface area contributed by atoms with Crippen molar-refractivity contribution < 1.29 is 14.8 Å². The summed E-state index contributed by atoms with van der Waals surface area (Å²) in [6, 6.07) is 3.87. The molecule has 0 radical (unpaired) electrons. The summed E-state index contributed by atoms with van der Waals surface area (Å²) in [4.78, 5) is 0. The number of hydrogen-bond acceptors (Lipinski definition) is 2. The van der Waals surface area contributed by atoms with Crippen molar-refractivity contribution in [1.29, 1.82) is 0 Å². The van der Waals surface area contributed by atoms with Crippen LogP contribution < -0.4 is 14.8 Å². The third-order valence-corrected chi connectivity index (χ3v) is 2.30. The normalized spacial score (nSPS) is 10.1. The van der Waals surface area contributed by atoms with Gasteiger partial charge >= 0.3 is 0 Å². The van der Waals surface area contributed by atoms with Gasteiger partial charge in [0.05, 0.1) is 25.8 Å². The third kappa shape index (κ3) is 3.01. The number of methoxy groups -OCH3 is 1. The average Bonchev–Trinajstić information content (AvgIpc) is 2.22. The van der Waals surface area contributed by atoms with Crippen molar-refractivity contribution in [3.8, 4) is 11.5 Å². The highest BCUT2D eigenvalue weighted by Crippen LogP contribution is 2.36. The van der Waals surface area contributed by atoms with E-state index < -0.39 is 0 Å². The van der Waals surface area contributed by atoms with Crippen LogP contribution in [0.25, 0.3) is 0 Å². The summed E-state index contributed by atoms with van der Waals surface area (Å²) >= 11 is 6.11. The van der Waals surface area contributed by atoms with Crippen LogP contribution in [0.1, 0.15) is 12.5 Å². The summed E-state index contributed by atoms with van der Waals surface area (Å²) in [6.07, 6.45) is 0. The summed E-state index contributed by atoms with van der Waals surface area (Å²) < 4.78 is 10.7. The van der Waals surface area contributed by atoms with E-state index in [9.17, 15) is 0 Å². The van der Waals surface area contributed by atoms with Crippen molar-refractivity contribution in [2.45, 2.75) is 13.5 Å². The molecule has 4 heteroatoms. The molecule has 2 N–H and O–H groups in total. The highest BCUT2D eigenvalue weighted by Gasteiger charge is 2.11. The molecule has 1 aromatic carbocycles. The molecule has 84 valence electrons. The van der Waals surface area contributed by atoms with Crippen LogP contribution in [-0.4, -0.2) is 20.8 Å². The third-order valence-electron chi connectivity index (χ3n) is 2.02. The van der Waals surface area contributed by atoms with Gasteiger partial charge in [0.1, 0.15) is 6.54 Å². The molecule has 1 aromatic rings. The fourth-order valence-corrected chi connectivity index (χ4v) is 1.70. The lowest BCUT2D eigenvalue weighted by atomic mass is 10.2. The van der Waals surface area contributed by atoms with Crippen LogP contribution in [0.5, 0.6) is 11.5 Å². The van der Waals surface area contributed by atoms with Crippen molar-refractivity contribution >= 4 is 11.6 Å². The first kappa shape index (κ1) is 12.1. The van der Waals surface area contributed by atoms with Crippen LogP contribution >= 0.6 is 11.6 Å². The lowest BCUT2D eigenvalue weighted by molar-refractivity contribution is -0.643. The van der Waals surface area contributed by atoms with E-state index in [1.165, 1.54) is 0 Å². The molecule has 3 nitrogen and oxygen atoms in total. The number of rotatable bonds is 5. The van der Waals surface area contributed by atoms with Crippen LogP contribution in [0.4, 0.5) is 0 Å². The smallest absolute Gasteiger partial charge is 0.179 e. The first-order valence-corrected chi connectivity index (χ1v) is 5.37. The Balaban J connectivity index is 3.06. The maximum absolute atomic E-state index is 6.11. The van der Waals surface area contributed by atoms with Crippen LogP contribution in [0.2, 0.25) is 5.02 Å². The standard InChI is InChI=1S/C11H16ClNO2/c1-4-15-11-9(12)5-8(7-13-2)6-10(11)14-3/h5-6,13H,4,7H2,1-3H3/p+1. The quantitative estimate of drug-likeness (QED) is 0.831. The molecule has 1 rings (SSSR count). The average molecular weight is 231 g/mol. The molecule has 15 heavy (non-hydrogen) atoms. The summed E-state index contributed by atoms with van der Waals surface area (Å²) in [5.41, 5.74) is 1.13. The second-order valence-electron chi connectivity index (χ2n) is 3.15. The molecule has 0 aliphatic rings. The Labute approximate surface area is 95.3 Å². The second kappa shape index (κ2) is 5.83. The van der Waals surface area contributed by atoms with Crippen molar-refractivity contribution in [3.05, 3.63) is 22.7 Å². The van der Waals surface area contributed by atoms with Gasteiger partial charge in [-0.05, 0) is 19.1 Å². The minimum Gasteiger partial charge on any atom is -0.493 e. The van der Waals surface area contributed by atoms with Crippen LogP contribution in [-0.2, 0) is 6.54 Å². The molecular formula is C11H17ClNO2+. The van der Waals surface area contributed by atoms with Gasteiger partial charge in [0, 0.05) is 5.56 Å². The molecule has 0 saturated heterocycles. The van der Waals surface area contributed by atoms with Gasteiger partial charge in [-0.1, -0.05) is 11.6 Å². The fraction of sp³-hybridized carbons (Fsp3) is 0.455. The molecule has 0 bridgehead atoms. The predicted octanol–water partition coefficient (Wildman–Crippen LogP) is 1.44. The SMILES string of the molecule is CCOc1c(Cl)cc(C[NH2+]C)cc1OC. The molecule has 0 fully saturated rings. The van der Waals surface area contributed by atoms with E-state index in [2.05, 4.69) is 5.32 Å². The van der Waals surface area contributed by atoms with Gasteiger partial charge in [0.25, 0.3) is 0 Å². The van der Waals surface area contributed by atoms with Crippen molar-refractivity contribution in [3.63, 3.8) is 0 Å². The van der Waals surface area contributed by atoms with E-state index in [0.717, 1.165) is 12.1 Å². The van der Waals surface area contributed by atoms with Crippen molar-refractivity contribution in [2.75, 3.05) is 20.8 Å². The zero-order chi connectivity index (χ0) is 11.3. The van der Waals surface area contributed by atoms with Crippen molar-refractivity contribution in [1.82, 2.24) is 0 Å². The number of halogens is 1. The molecule has 0 aliphatic heterocycles. The van der Waals surface area contributed by atoms with E-state index in [0.29, 0.717) is 23.1 Å². The molecule has 0 unspecified atom stereocenters. The molecule has 0 saturated carbocycles. The molecule has 0 atom stereocenters. The summed E-state index contributed by atoms with van der Waals surface area (Å²) in [7, 11) is 3.63. The highest BCUT2D eigenvalue weighted by atomic mass is 35.5. The van der Waals surface area contributed by atoms with Gasteiger partial charge in [-0.2, -0.15) is 0 Å². The van der Waals surface area contributed by atoms with Crippen LogP contribution in [0.15, 0.2) is 12.1 Å². The number of benzene rings is 1. The first-order valence-electron chi connectivity index (χ1n) is 5.00. The van der Waals surface area contributed by atoms with Gasteiger partial charge in [-0.25, -0.2) is 0 Å². The Hall–Kier alpha value is -0.930.